The normalized spacial score (nSPS) is 17.8. The van der Waals surface area contributed by atoms with Crippen molar-refractivity contribution in [2.24, 2.45) is 0 Å². The second-order valence-electron chi connectivity index (χ2n) is 9.38. The minimum absolute atomic E-state index is 0.0299. The summed E-state index contributed by atoms with van der Waals surface area (Å²) in [6.45, 7) is 8.79. The summed E-state index contributed by atoms with van der Waals surface area (Å²) in [7, 11) is 0. The first-order chi connectivity index (χ1) is 16.8. The number of anilines is 1. The lowest BCUT2D eigenvalue weighted by atomic mass is 9.96. The van der Waals surface area contributed by atoms with Gasteiger partial charge in [-0.1, -0.05) is 48.0 Å². The van der Waals surface area contributed by atoms with Gasteiger partial charge < -0.3 is 14.8 Å². The quantitative estimate of drug-likeness (QED) is 0.263. The third kappa shape index (κ3) is 4.41. The Hall–Kier alpha value is -2.96. The van der Waals surface area contributed by atoms with E-state index < -0.39 is 0 Å². The third-order valence-corrected chi connectivity index (χ3v) is 7.65. The summed E-state index contributed by atoms with van der Waals surface area (Å²) in [5, 5.41) is 4.31. The second kappa shape index (κ2) is 9.59. The molecule has 6 heteroatoms. The lowest BCUT2D eigenvalue weighted by molar-refractivity contribution is 0.565. The van der Waals surface area contributed by atoms with Crippen molar-refractivity contribution in [1.29, 1.82) is 0 Å². The molecule has 1 saturated heterocycles. The number of thiocarbonyl (C=S) groups is 1. The fraction of sp³-hybridized carbons (Fsp3) is 0.241. The number of hydrogen-bond donors (Lipinski definition) is 1. The molecule has 35 heavy (non-hydrogen) atoms. The van der Waals surface area contributed by atoms with E-state index in [1.165, 1.54) is 22.5 Å². The number of halogens is 1. The fourth-order valence-electron chi connectivity index (χ4n) is 5.04. The van der Waals surface area contributed by atoms with Crippen LogP contribution in [0.5, 0.6) is 0 Å². The smallest absolute Gasteiger partial charge is 0.174 e. The Morgan fingerprint density at radius 3 is 2.26 bits per heavy atom. The monoisotopic (exact) mass is 544 g/mol. The fourth-order valence-corrected chi connectivity index (χ4v) is 5.65. The Labute approximate surface area is 221 Å². The van der Waals surface area contributed by atoms with Gasteiger partial charge in [0.2, 0.25) is 0 Å². The predicted molar refractivity (Wildman–Crippen MR) is 151 cm³/mol. The van der Waals surface area contributed by atoms with Crippen LogP contribution in [0.2, 0.25) is 0 Å². The van der Waals surface area contributed by atoms with Gasteiger partial charge in [0.1, 0.15) is 0 Å². The van der Waals surface area contributed by atoms with Gasteiger partial charge in [0.25, 0.3) is 0 Å². The minimum atomic E-state index is -0.0626. The summed E-state index contributed by atoms with van der Waals surface area (Å²) in [6, 6.07) is 25.5. The van der Waals surface area contributed by atoms with E-state index in [2.05, 4.69) is 119 Å². The van der Waals surface area contributed by atoms with Gasteiger partial charge in [0.15, 0.2) is 5.11 Å². The Morgan fingerprint density at radius 2 is 1.63 bits per heavy atom. The standard InChI is InChI=1S/C29H29BrN4S/c1-18(2)21-8-12-24(13-9-21)34-28(27(32-29(34)35)26-7-5-6-16-31-26)25-17-19(3)33(20(25)4)23-14-10-22(30)11-15-23/h5-18,27-28H,1-4H3,(H,32,35)/t27-,28+/m1/s1. The van der Waals surface area contributed by atoms with Crippen LogP contribution in [0.1, 0.15) is 60.1 Å². The van der Waals surface area contributed by atoms with Crippen LogP contribution in [-0.2, 0) is 0 Å². The summed E-state index contributed by atoms with van der Waals surface area (Å²) in [5.74, 6) is 0.481. The van der Waals surface area contributed by atoms with Crippen LogP contribution in [0.25, 0.3) is 5.69 Å². The zero-order valence-electron chi connectivity index (χ0n) is 20.4. The van der Waals surface area contributed by atoms with Crippen LogP contribution in [0.15, 0.2) is 83.5 Å². The zero-order chi connectivity index (χ0) is 24.7. The lowest BCUT2D eigenvalue weighted by Crippen LogP contribution is -2.29. The van der Waals surface area contributed by atoms with E-state index >= 15 is 0 Å². The molecule has 0 unspecified atom stereocenters. The van der Waals surface area contributed by atoms with Crippen LogP contribution in [0.4, 0.5) is 5.69 Å². The molecule has 3 heterocycles. The van der Waals surface area contributed by atoms with Crippen molar-refractivity contribution in [3.63, 3.8) is 0 Å². The Balaban J connectivity index is 1.65. The van der Waals surface area contributed by atoms with Crippen molar-refractivity contribution in [2.45, 2.75) is 45.7 Å². The molecule has 0 bridgehead atoms. The number of rotatable bonds is 5. The highest BCUT2D eigenvalue weighted by Crippen LogP contribution is 2.44. The highest BCUT2D eigenvalue weighted by atomic mass is 79.9. The van der Waals surface area contributed by atoms with Crippen molar-refractivity contribution in [1.82, 2.24) is 14.9 Å². The van der Waals surface area contributed by atoms with Crippen LogP contribution in [0.3, 0.4) is 0 Å². The van der Waals surface area contributed by atoms with Crippen LogP contribution in [0, 0.1) is 13.8 Å². The number of hydrogen-bond acceptors (Lipinski definition) is 2. The molecule has 4 aromatic rings. The van der Waals surface area contributed by atoms with E-state index in [0.717, 1.165) is 26.7 Å². The van der Waals surface area contributed by atoms with E-state index in [4.69, 9.17) is 17.2 Å². The molecule has 0 aliphatic carbocycles. The average molecular weight is 546 g/mol. The molecule has 1 fully saturated rings. The highest BCUT2D eigenvalue weighted by Gasteiger charge is 2.42. The molecule has 1 aliphatic rings. The maximum Gasteiger partial charge on any atom is 0.174 e. The van der Waals surface area contributed by atoms with Gasteiger partial charge in [0, 0.05) is 33.4 Å². The van der Waals surface area contributed by atoms with Gasteiger partial charge in [-0.2, -0.15) is 0 Å². The van der Waals surface area contributed by atoms with Crippen molar-refractivity contribution >= 4 is 38.9 Å². The van der Waals surface area contributed by atoms with Gasteiger partial charge in [-0.05, 0) is 97.7 Å². The molecule has 2 atom stereocenters. The van der Waals surface area contributed by atoms with Crippen molar-refractivity contribution in [2.75, 3.05) is 4.90 Å². The second-order valence-corrected chi connectivity index (χ2v) is 10.7. The minimum Gasteiger partial charge on any atom is -0.351 e. The van der Waals surface area contributed by atoms with Gasteiger partial charge in [-0.3, -0.25) is 4.98 Å². The number of nitrogens with zero attached hydrogens (tertiary/aromatic N) is 3. The molecule has 0 amide bonds. The molecule has 0 radical (unpaired) electrons. The number of pyridine rings is 1. The van der Waals surface area contributed by atoms with Crippen molar-refractivity contribution in [3.8, 4) is 5.69 Å². The molecular formula is C29H29BrN4S. The molecule has 4 nitrogen and oxygen atoms in total. The lowest BCUT2D eigenvalue weighted by Gasteiger charge is -2.28. The van der Waals surface area contributed by atoms with Gasteiger partial charge in [-0.25, -0.2) is 0 Å². The number of benzene rings is 2. The first-order valence-corrected chi connectivity index (χ1v) is 13.1. The van der Waals surface area contributed by atoms with E-state index in [0.29, 0.717) is 5.92 Å². The Kier molecular flexibility index (Phi) is 6.51. The number of aromatic nitrogens is 2. The summed E-state index contributed by atoms with van der Waals surface area (Å²) >= 11 is 9.48. The Morgan fingerprint density at radius 1 is 0.943 bits per heavy atom. The molecule has 2 aromatic heterocycles. The van der Waals surface area contributed by atoms with E-state index in [9.17, 15) is 0 Å². The van der Waals surface area contributed by atoms with Crippen LogP contribution < -0.4 is 10.2 Å². The first-order valence-electron chi connectivity index (χ1n) is 11.9. The molecule has 1 aliphatic heterocycles. The maximum atomic E-state index is 5.93. The molecule has 1 N–H and O–H groups in total. The summed E-state index contributed by atoms with van der Waals surface area (Å²) in [6.07, 6.45) is 1.85. The van der Waals surface area contributed by atoms with E-state index in [1.807, 2.05) is 18.3 Å². The summed E-state index contributed by atoms with van der Waals surface area (Å²) in [4.78, 5) is 6.96. The zero-order valence-corrected chi connectivity index (χ0v) is 22.8. The molecule has 0 saturated carbocycles. The third-order valence-electron chi connectivity index (χ3n) is 6.81. The molecular weight excluding hydrogens is 516 g/mol. The topological polar surface area (TPSA) is 33.1 Å². The van der Waals surface area contributed by atoms with E-state index in [-0.39, 0.29) is 12.1 Å². The van der Waals surface area contributed by atoms with Crippen molar-refractivity contribution < 1.29 is 0 Å². The predicted octanol–water partition coefficient (Wildman–Crippen LogP) is 7.55. The van der Waals surface area contributed by atoms with E-state index in [1.54, 1.807) is 0 Å². The summed E-state index contributed by atoms with van der Waals surface area (Å²) < 4.78 is 3.39. The van der Waals surface area contributed by atoms with Gasteiger partial charge in [-0.15, -0.1) is 0 Å². The van der Waals surface area contributed by atoms with Crippen LogP contribution in [-0.4, -0.2) is 14.7 Å². The first kappa shape index (κ1) is 23.8. The average Bonchev–Trinajstić information content (AvgIpc) is 3.35. The van der Waals surface area contributed by atoms with Gasteiger partial charge in [0.05, 0.1) is 17.8 Å². The largest absolute Gasteiger partial charge is 0.351 e. The van der Waals surface area contributed by atoms with Crippen LogP contribution >= 0.6 is 28.1 Å². The summed E-state index contributed by atoms with van der Waals surface area (Å²) in [5.41, 5.74) is 8.15. The molecule has 0 spiro atoms. The van der Waals surface area contributed by atoms with Crippen molar-refractivity contribution in [3.05, 3.63) is 112 Å². The molecule has 5 rings (SSSR count). The molecule has 2 aromatic carbocycles. The number of nitrogens with one attached hydrogen (secondary N) is 1. The Bertz CT molecular complexity index is 1340. The highest BCUT2D eigenvalue weighted by molar-refractivity contribution is 9.10. The maximum absolute atomic E-state index is 5.93. The number of aryl methyl sites for hydroxylation is 1. The molecule has 178 valence electrons. The SMILES string of the molecule is Cc1cc([C@H]2[C@@H](c3ccccn3)NC(=S)N2c2ccc(C(C)C)cc2)c(C)n1-c1ccc(Br)cc1. The van der Waals surface area contributed by atoms with Gasteiger partial charge >= 0.3 is 0 Å².